The minimum Gasteiger partial charge on any atom is -0.750 e. The minimum absolute atomic E-state index is 0.0363. The molecule has 2 atom stereocenters. The summed E-state index contributed by atoms with van der Waals surface area (Å²) in [5.74, 6) is -0.814. The van der Waals surface area contributed by atoms with Crippen LogP contribution in [0.2, 0.25) is 0 Å². The van der Waals surface area contributed by atoms with Gasteiger partial charge in [-0.15, -0.1) is 0 Å². The lowest BCUT2D eigenvalue weighted by Crippen LogP contribution is -2.12. The van der Waals surface area contributed by atoms with Crippen molar-refractivity contribution in [3.63, 3.8) is 0 Å². The molecule has 2 N–H and O–H groups in total. The molecule has 9 heteroatoms. The predicted octanol–water partition coefficient (Wildman–Crippen LogP) is 0.565. The predicted molar refractivity (Wildman–Crippen MR) is 60.0 cm³/mol. The number of nitro benzene ring substituents is 1. The fourth-order valence-corrected chi connectivity index (χ4v) is 1.71. The Hall–Kier alpha value is -1.84. The molecule has 1 aromatic rings. The topological polar surface area (TPSA) is 136 Å². The molecular formula is C9H9N2O6S-. The number of primary amides is 1. The number of carbonyl (C=O) groups is 1. The Morgan fingerprint density at radius 3 is 2.61 bits per heavy atom. The Kier molecular flexibility index (Phi) is 4.48. The van der Waals surface area contributed by atoms with Gasteiger partial charge in [0.15, 0.2) is 0 Å². The lowest BCUT2D eigenvalue weighted by atomic mass is 10.1. The first kappa shape index (κ1) is 14.2. The van der Waals surface area contributed by atoms with Crippen LogP contribution in [0.5, 0.6) is 0 Å². The van der Waals surface area contributed by atoms with Crippen LogP contribution in [0.1, 0.15) is 28.9 Å². The van der Waals surface area contributed by atoms with Gasteiger partial charge >= 0.3 is 0 Å². The molecule has 0 heterocycles. The summed E-state index contributed by atoms with van der Waals surface area (Å²) >= 11 is -2.80. The summed E-state index contributed by atoms with van der Waals surface area (Å²) in [6.45, 7) is 1.34. The van der Waals surface area contributed by atoms with Crippen LogP contribution in [0.15, 0.2) is 18.2 Å². The lowest BCUT2D eigenvalue weighted by Gasteiger charge is -2.14. The average molecular weight is 273 g/mol. The molecule has 2 unspecified atom stereocenters. The Balaban J connectivity index is 3.23. The molecule has 8 nitrogen and oxygen atoms in total. The summed E-state index contributed by atoms with van der Waals surface area (Å²) in [6.07, 6.45) is -1.04. The van der Waals surface area contributed by atoms with E-state index in [0.717, 1.165) is 6.07 Å². The Labute approximate surface area is 104 Å². The molecule has 1 amide bonds. The highest BCUT2D eigenvalue weighted by Crippen LogP contribution is 2.28. The molecule has 1 rings (SSSR count). The van der Waals surface area contributed by atoms with Crippen LogP contribution < -0.4 is 5.73 Å². The number of amides is 1. The third kappa shape index (κ3) is 3.32. The van der Waals surface area contributed by atoms with Crippen LogP contribution in [0.25, 0.3) is 0 Å². The van der Waals surface area contributed by atoms with E-state index < -0.39 is 34.0 Å². The summed E-state index contributed by atoms with van der Waals surface area (Å²) in [5, 5.41) is 10.8. The summed E-state index contributed by atoms with van der Waals surface area (Å²) in [4.78, 5) is 21.0. The van der Waals surface area contributed by atoms with Crippen LogP contribution >= 0.6 is 0 Å². The van der Waals surface area contributed by atoms with E-state index in [1.807, 2.05) is 0 Å². The highest BCUT2D eigenvalue weighted by Gasteiger charge is 2.21. The second kappa shape index (κ2) is 5.67. The number of carbonyl (C=O) groups excluding carboxylic acids is 1. The molecular weight excluding hydrogens is 264 g/mol. The Morgan fingerprint density at radius 2 is 2.17 bits per heavy atom. The van der Waals surface area contributed by atoms with E-state index in [4.69, 9.17) is 5.73 Å². The van der Waals surface area contributed by atoms with Crippen LogP contribution in [0, 0.1) is 10.1 Å². The van der Waals surface area contributed by atoms with E-state index in [1.54, 1.807) is 0 Å². The van der Waals surface area contributed by atoms with E-state index in [2.05, 4.69) is 4.18 Å². The number of benzene rings is 1. The number of nitrogens with two attached hydrogens (primary N) is 1. The van der Waals surface area contributed by atoms with Crippen molar-refractivity contribution in [2.75, 3.05) is 0 Å². The summed E-state index contributed by atoms with van der Waals surface area (Å²) in [7, 11) is 0. The maximum atomic E-state index is 10.9. The van der Waals surface area contributed by atoms with Gasteiger partial charge in [0.25, 0.3) is 5.69 Å². The molecule has 0 saturated heterocycles. The van der Waals surface area contributed by atoms with E-state index in [9.17, 15) is 23.7 Å². The van der Waals surface area contributed by atoms with Crippen molar-refractivity contribution >= 4 is 23.0 Å². The molecule has 0 spiro atoms. The van der Waals surface area contributed by atoms with Gasteiger partial charge < -0.3 is 10.3 Å². The SMILES string of the molecule is CC(OS(=O)[O-])c1ccc(C(N)=O)cc1[N+](=O)[O-]. The first-order chi connectivity index (χ1) is 8.32. The molecule has 18 heavy (non-hydrogen) atoms. The van der Waals surface area contributed by atoms with E-state index in [1.165, 1.54) is 19.1 Å². The maximum absolute atomic E-state index is 10.9. The molecule has 0 aliphatic carbocycles. The minimum atomic E-state index is -2.80. The van der Waals surface area contributed by atoms with Crippen LogP contribution in [-0.4, -0.2) is 19.6 Å². The second-order valence-corrected chi connectivity index (χ2v) is 3.94. The van der Waals surface area contributed by atoms with Crippen molar-refractivity contribution < 1.29 is 22.7 Å². The lowest BCUT2D eigenvalue weighted by molar-refractivity contribution is -0.386. The third-order valence-electron chi connectivity index (χ3n) is 2.17. The fraction of sp³-hybridized carbons (Fsp3) is 0.222. The molecule has 0 bridgehead atoms. The number of nitrogens with zero attached hydrogens (tertiary/aromatic N) is 1. The Morgan fingerprint density at radius 1 is 1.56 bits per heavy atom. The van der Waals surface area contributed by atoms with E-state index in [-0.39, 0.29) is 11.1 Å². The normalized spacial score (nSPS) is 13.9. The zero-order chi connectivity index (χ0) is 13.9. The Bertz CT molecular complexity index is 518. The van der Waals surface area contributed by atoms with Crippen molar-refractivity contribution in [3.8, 4) is 0 Å². The third-order valence-corrected chi connectivity index (χ3v) is 2.62. The highest BCUT2D eigenvalue weighted by molar-refractivity contribution is 7.74. The van der Waals surface area contributed by atoms with E-state index >= 15 is 0 Å². The van der Waals surface area contributed by atoms with Gasteiger partial charge in [-0.25, -0.2) is 4.21 Å². The van der Waals surface area contributed by atoms with Crippen molar-refractivity contribution in [2.24, 2.45) is 5.73 Å². The number of rotatable bonds is 5. The second-order valence-electron chi connectivity index (χ2n) is 3.34. The van der Waals surface area contributed by atoms with Crippen LogP contribution in [-0.2, 0) is 15.5 Å². The first-order valence-electron chi connectivity index (χ1n) is 4.67. The van der Waals surface area contributed by atoms with Crippen molar-refractivity contribution in [1.82, 2.24) is 0 Å². The van der Waals surface area contributed by atoms with Gasteiger partial charge in [-0.3, -0.25) is 19.1 Å². The quantitative estimate of drug-likeness (QED) is 0.473. The first-order valence-corrected chi connectivity index (χ1v) is 5.67. The van der Waals surface area contributed by atoms with Crippen molar-refractivity contribution in [3.05, 3.63) is 39.4 Å². The average Bonchev–Trinajstić information content (AvgIpc) is 2.26. The van der Waals surface area contributed by atoms with Gasteiger partial charge in [-0.1, -0.05) is 0 Å². The van der Waals surface area contributed by atoms with Gasteiger partial charge in [-0.2, -0.15) is 0 Å². The number of hydrogen-bond acceptors (Lipinski definition) is 6. The summed E-state index contributed by atoms with van der Waals surface area (Å²) in [5.41, 5.74) is 4.57. The maximum Gasteiger partial charge on any atom is 0.276 e. The summed E-state index contributed by atoms with van der Waals surface area (Å²) < 4.78 is 25.2. The molecule has 0 saturated carbocycles. The zero-order valence-electron chi connectivity index (χ0n) is 9.19. The monoisotopic (exact) mass is 273 g/mol. The van der Waals surface area contributed by atoms with Gasteiger partial charge in [0.1, 0.15) is 6.10 Å². The van der Waals surface area contributed by atoms with Crippen LogP contribution in [0.3, 0.4) is 0 Å². The molecule has 0 aromatic heterocycles. The number of hydrogen-bond donors (Lipinski definition) is 1. The highest BCUT2D eigenvalue weighted by atomic mass is 32.2. The molecule has 0 fully saturated rings. The number of nitro groups is 1. The van der Waals surface area contributed by atoms with E-state index in [0.29, 0.717) is 0 Å². The van der Waals surface area contributed by atoms with Crippen molar-refractivity contribution in [1.29, 1.82) is 0 Å². The van der Waals surface area contributed by atoms with Crippen LogP contribution in [0.4, 0.5) is 5.69 Å². The molecule has 0 aliphatic rings. The zero-order valence-corrected chi connectivity index (χ0v) is 10.0. The van der Waals surface area contributed by atoms with Gasteiger partial charge in [0, 0.05) is 11.6 Å². The van der Waals surface area contributed by atoms with Gasteiger partial charge in [-0.05, 0) is 19.1 Å². The summed E-state index contributed by atoms with van der Waals surface area (Å²) in [6, 6.07) is 3.47. The fourth-order valence-electron chi connectivity index (χ4n) is 1.37. The molecule has 0 radical (unpaired) electrons. The molecule has 98 valence electrons. The van der Waals surface area contributed by atoms with Gasteiger partial charge in [0.2, 0.25) is 5.91 Å². The molecule has 0 aliphatic heterocycles. The molecule has 1 aromatic carbocycles. The smallest absolute Gasteiger partial charge is 0.276 e. The standard InChI is InChI=1S/C9H10N2O6S/c1-5(17-18(15)16)7-3-2-6(9(10)12)4-8(7)11(13)14/h2-5H,1H3,(H2,10,12)(H,15,16)/p-1. The largest absolute Gasteiger partial charge is 0.750 e. The van der Waals surface area contributed by atoms with Crippen molar-refractivity contribution in [2.45, 2.75) is 13.0 Å². The van der Waals surface area contributed by atoms with Gasteiger partial charge in [0.05, 0.1) is 21.8 Å².